The molecule has 0 amide bonds. The van der Waals surface area contributed by atoms with E-state index < -0.39 is 0 Å². The molecule has 1 aromatic carbocycles. The molecule has 98 valence electrons. The van der Waals surface area contributed by atoms with Gasteiger partial charge < -0.3 is 20.9 Å². The number of nitrogens with two attached hydrogens (primary N) is 2. The quantitative estimate of drug-likeness (QED) is 0.819. The highest BCUT2D eigenvalue weighted by atomic mass is 35.5. The van der Waals surface area contributed by atoms with Crippen molar-refractivity contribution in [2.45, 2.75) is 18.9 Å². The van der Waals surface area contributed by atoms with Crippen molar-refractivity contribution in [2.24, 2.45) is 11.5 Å². The number of rotatable bonds is 6. The fourth-order valence-corrected chi connectivity index (χ4v) is 1.73. The van der Waals surface area contributed by atoms with Crippen molar-refractivity contribution in [2.75, 3.05) is 20.8 Å². The molecule has 4 nitrogen and oxygen atoms in total. The van der Waals surface area contributed by atoms with Gasteiger partial charge in [0.1, 0.15) is 11.5 Å². The van der Waals surface area contributed by atoms with Crippen molar-refractivity contribution in [1.29, 1.82) is 0 Å². The third kappa shape index (κ3) is 4.07. The summed E-state index contributed by atoms with van der Waals surface area (Å²) in [7, 11) is 3.27. The first-order valence-electron chi connectivity index (χ1n) is 5.41. The van der Waals surface area contributed by atoms with Crippen LogP contribution in [-0.4, -0.2) is 20.8 Å². The number of hydrogen-bond acceptors (Lipinski definition) is 4. The van der Waals surface area contributed by atoms with Gasteiger partial charge >= 0.3 is 0 Å². The van der Waals surface area contributed by atoms with Crippen molar-refractivity contribution in [3.8, 4) is 11.5 Å². The second-order valence-corrected chi connectivity index (χ2v) is 3.61. The second kappa shape index (κ2) is 8.17. The summed E-state index contributed by atoms with van der Waals surface area (Å²) < 4.78 is 10.6. The Morgan fingerprint density at radius 2 is 1.71 bits per heavy atom. The van der Waals surface area contributed by atoms with Crippen molar-refractivity contribution in [3.63, 3.8) is 0 Å². The molecule has 5 heteroatoms. The van der Waals surface area contributed by atoms with E-state index in [2.05, 4.69) is 0 Å². The molecule has 1 aromatic rings. The number of methoxy groups -OCH3 is 2. The van der Waals surface area contributed by atoms with E-state index in [1.807, 2.05) is 18.2 Å². The first-order chi connectivity index (χ1) is 7.74. The molecule has 17 heavy (non-hydrogen) atoms. The van der Waals surface area contributed by atoms with Crippen LogP contribution in [0, 0.1) is 0 Å². The Kier molecular flexibility index (Phi) is 7.70. The van der Waals surface area contributed by atoms with Gasteiger partial charge in [-0.15, -0.1) is 12.4 Å². The maximum Gasteiger partial charge on any atom is 0.127 e. The van der Waals surface area contributed by atoms with Crippen LogP contribution in [0.25, 0.3) is 0 Å². The maximum atomic E-state index is 6.12. The Morgan fingerprint density at radius 3 is 2.12 bits per heavy atom. The molecule has 0 unspecified atom stereocenters. The van der Waals surface area contributed by atoms with Crippen LogP contribution in [0.4, 0.5) is 0 Å². The predicted molar refractivity (Wildman–Crippen MR) is 72.0 cm³/mol. The predicted octanol–water partition coefficient (Wildman–Crippen LogP) is 1.86. The number of halogens is 1. The third-order valence-electron chi connectivity index (χ3n) is 2.56. The van der Waals surface area contributed by atoms with Gasteiger partial charge in [0.25, 0.3) is 0 Å². The van der Waals surface area contributed by atoms with Gasteiger partial charge in [0.15, 0.2) is 0 Å². The smallest absolute Gasteiger partial charge is 0.127 e. The zero-order valence-corrected chi connectivity index (χ0v) is 11.1. The largest absolute Gasteiger partial charge is 0.496 e. The Labute approximate surface area is 109 Å². The summed E-state index contributed by atoms with van der Waals surface area (Å²) in [5.74, 6) is 1.53. The molecule has 4 N–H and O–H groups in total. The second-order valence-electron chi connectivity index (χ2n) is 3.61. The van der Waals surface area contributed by atoms with E-state index in [1.54, 1.807) is 14.2 Å². The molecule has 0 fully saturated rings. The van der Waals surface area contributed by atoms with Gasteiger partial charge in [-0.05, 0) is 31.5 Å². The zero-order chi connectivity index (χ0) is 12.0. The molecule has 0 aliphatic carbocycles. The number of hydrogen-bond donors (Lipinski definition) is 2. The normalized spacial score (nSPS) is 11.5. The molecule has 0 spiro atoms. The molecule has 0 saturated heterocycles. The molecular weight excluding hydrogens is 240 g/mol. The van der Waals surface area contributed by atoms with E-state index in [-0.39, 0.29) is 18.4 Å². The summed E-state index contributed by atoms with van der Waals surface area (Å²) >= 11 is 0. The van der Waals surface area contributed by atoms with Gasteiger partial charge in [0, 0.05) is 6.04 Å². The van der Waals surface area contributed by atoms with Gasteiger partial charge in [0.05, 0.1) is 19.8 Å². The third-order valence-corrected chi connectivity index (χ3v) is 2.56. The van der Waals surface area contributed by atoms with Crippen LogP contribution < -0.4 is 20.9 Å². The molecule has 0 bridgehead atoms. The van der Waals surface area contributed by atoms with E-state index in [0.717, 1.165) is 29.9 Å². The van der Waals surface area contributed by atoms with Crippen LogP contribution >= 0.6 is 12.4 Å². The van der Waals surface area contributed by atoms with Crippen LogP contribution in [0.2, 0.25) is 0 Å². The highest BCUT2D eigenvalue weighted by molar-refractivity contribution is 5.85. The lowest BCUT2D eigenvalue weighted by Crippen LogP contribution is -2.14. The minimum absolute atomic E-state index is 0. The summed E-state index contributed by atoms with van der Waals surface area (Å²) in [6.07, 6.45) is 1.72. The minimum atomic E-state index is -0.102. The molecule has 0 aliphatic heterocycles. The SMILES string of the molecule is COc1cccc(OC)c1[C@@H](N)CCCN.Cl. The topological polar surface area (TPSA) is 70.5 Å². The number of ether oxygens (including phenoxy) is 2. The summed E-state index contributed by atoms with van der Waals surface area (Å²) in [5.41, 5.74) is 12.5. The molecular formula is C12H21ClN2O2. The summed E-state index contributed by atoms with van der Waals surface area (Å²) in [6, 6.07) is 5.56. The lowest BCUT2D eigenvalue weighted by atomic mass is 10.0. The molecule has 0 aromatic heterocycles. The summed E-state index contributed by atoms with van der Waals surface area (Å²) in [4.78, 5) is 0. The Morgan fingerprint density at radius 1 is 1.18 bits per heavy atom. The first-order valence-corrected chi connectivity index (χ1v) is 5.41. The average molecular weight is 261 g/mol. The zero-order valence-electron chi connectivity index (χ0n) is 10.3. The molecule has 0 aliphatic rings. The van der Waals surface area contributed by atoms with Gasteiger partial charge in [-0.1, -0.05) is 6.07 Å². The van der Waals surface area contributed by atoms with E-state index in [4.69, 9.17) is 20.9 Å². The van der Waals surface area contributed by atoms with Gasteiger partial charge in [-0.25, -0.2) is 0 Å². The van der Waals surface area contributed by atoms with Crippen molar-refractivity contribution >= 4 is 12.4 Å². The fraction of sp³-hybridized carbons (Fsp3) is 0.500. The van der Waals surface area contributed by atoms with Gasteiger partial charge in [-0.3, -0.25) is 0 Å². The fourth-order valence-electron chi connectivity index (χ4n) is 1.73. The molecule has 1 atom stereocenters. The van der Waals surface area contributed by atoms with Crippen molar-refractivity contribution < 1.29 is 9.47 Å². The standard InChI is InChI=1S/C12H20N2O2.ClH/c1-15-10-6-3-7-11(16-2)12(10)9(14)5-4-8-13;/h3,6-7,9H,4-5,8,13-14H2,1-2H3;1H/t9-;/m0./s1. The van der Waals surface area contributed by atoms with Crippen LogP contribution in [0.1, 0.15) is 24.4 Å². The number of benzene rings is 1. The first kappa shape index (κ1) is 16.0. The van der Waals surface area contributed by atoms with E-state index in [9.17, 15) is 0 Å². The highest BCUT2D eigenvalue weighted by Crippen LogP contribution is 2.34. The van der Waals surface area contributed by atoms with Crippen LogP contribution in [0.5, 0.6) is 11.5 Å². The maximum absolute atomic E-state index is 6.12. The average Bonchev–Trinajstić information content (AvgIpc) is 2.34. The Balaban J connectivity index is 0.00000256. The molecule has 1 rings (SSSR count). The Hall–Kier alpha value is -0.970. The van der Waals surface area contributed by atoms with Gasteiger partial charge in [-0.2, -0.15) is 0 Å². The van der Waals surface area contributed by atoms with E-state index >= 15 is 0 Å². The van der Waals surface area contributed by atoms with E-state index in [1.165, 1.54) is 0 Å². The van der Waals surface area contributed by atoms with Crippen molar-refractivity contribution in [3.05, 3.63) is 23.8 Å². The minimum Gasteiger partial charge on any atom is -0.496 e. The summed E-state index contributed by atoms with van der Waals surface area (Å²) in [6.45, 7) is 0.644. The highest BCUT2D eigenvalue weighted by Gasteiger charge is 2.16. The lowest BCUT2D eigenvalue weighted by molar-refractivity contribution is 0.376. The van der Waals surface area contributed by atoms with E-state index in [0.29, 0.717) is 6.54 Å². The van der Waals surface area contributed by atoms with Crippen molar-refractivity contribution in [1.82, 2.24) is 0 Å². The van der Waals surface area contributed by atoms with Gasteiger partial charge in [0.2, 0.25) is 0 Å². The lowest BCUT2D eigenvalue weighted by Gasteiger charge is -2.18. The molecule has 0 heterocycles. The van der Waals surface area contributed by atoms with Crippen LogP contribution in [-0.2, 0) is 0 Å². The molecule has 0 radical (unpaired) electrons. The monoisotopic (exact) mass is 260 g/mol. The summed E-state index contributed by atoms with van der Waals surface area (Å²) in [5, 5.41) is 0. The van der Waals surface area contributed by atoms with Crippen LogP contribution in [0.15, 0.2) is 18.2 Å². The molecule has 0 saturated carbocycles. The van der Waals surface area contributed by atoms with Crippen LogP contribution in [0.3, 0.4) is 0 Å². The Bertz CT molecular complexity index is 312.